The van der Waals surface area contributed by atoms with Gasteiger partial charge in [0, 0.05) is 17.1 Å². The van der Waals surface area contributed by atoms with Gasteiger partial charge >= 0.3 is 0 Å². The van der Waals surface area contributed by atoms with E-state index in [1.807, 2.05) is 30.3 Å². The minimum atomic E-state index is 0.0719. The lowest BCUT2D eigenvalue weighted by Crippen LogP contribution is -2.35. The molecule has 0 saturated heterocycles. The van der Waals surface area contributed by atoms with E-state index in [9.17, 15) is 0 Å². The maximum Gasteiger partial charge on any atom is 0.146 e. The van der Waals surface area contributed by atoms with Crippen LogP contribution >= 0.6 is 23.2 Å². The molecule has 0 aromatic heterocycles. The van der Waals surface area contributed by atoms with Crippen LogP contribution in [-0.2, 0) is 6.54 Å². The summed E-state index contributed by atoms with van der Waals surface area (Å²) >= 11 is 12.2. The minimum absolute atomic E-state index is 0.0719. The van der Waals surface area contributed by atoms with E-state index in [1.54, 1.807) is 12.1 Å². The Kier molecular flexibility index (Phi) is 5.15. The molecule has 0 bridgehead atoms. The van der Waals surface area contributed by atoms with Crippen LogP contribution in [0.5, 0.6) is 11.5 Å². The van der Waals surface area contributed by atoms with Crippen LogP contribution in [0.3, 0.4) is 0 Å². The van der Waals surface area contributed by atoms with Crippen molar-refractivity contribution in [1.29, 1.82) is 0 Å². The number of rotatable bonds is 4. The fourth-order valence-electron chi connectivity index (χ4n) is 1.76. The van der Waals surface area contributed by atoms with Crippen LogP contribution in [0, 0.1) is 0 Å². The van der Waals surface area contributed by atoms with Crippen molar-refractivity contribution in [3.05, 3.63) is 58.1 Å². The number of ether oxygens (including phenoxy) is 1. The summed E-state index contributed by atoms with van der Waals surface area (Å²) in [5, 5.41) is 4.65. The first-order valence-electron chi connectivity index (χ1n) is 6.80. The first kappa shape index (κ1) is 16.2. The third-order valence-electron chi connectivity index (χ3n) is 2.84. The summed E-state index contributed by atoms with van der Waals surface area (Å²) in [6, 6.07) is 13.0. The summed E-state index contributed by atoms with van der Waals surface area (Å²) in [5.74, 6) is 1.29. The molecule has 21 heavy (non-hydrogen) atoms. The summed E-state index contributed by atoms with van der Waals surface area (Å²) in [7, 11) is 0. The van der Waals surface area contributed by atoms with E-state index < -0.39 is 0 Å². The highest BCUT2D eigenvalue weighted by Gasteiger charge is 2.10. The van der Waals surface area contributed by atoms with E-state index in [4.69, 9.17) is 27.9 Å². The Bertz CT molecular complexity index is 620. The molecule has 2 rings (SSSR count). The van der Waals surface area contributed by atoms with Crippen molar-refractivity contribution < 1.29 is 4.74 Å². The maximum atomic E-state index is 6.28. The van der Waals surface area contributed by atoms with Crippen molar-refractivity contribution in [3.8, 4) is 11.5 Å². The Balaban J connectivity index is 2.09. The molecule has 0 aliphatic rings. The van der Waals surface area contributed by atoms with Crippen LogP contribution in [0.1, 0.15) is 26.3 Å². The Morgan fingerprint density at radius 3 is 2.43 bits per heavy atom. The average molecular weight is 324 g/mol. The summed E-state index contributed by atoms with van der Waals surface area (Å²) in [6.45, 7) is 7.16. The fraction of sp³-hybridized carbons (Fsp3) is 0.294. The number of hydrogen-bond acceptors (Lipinski definition) is 2. The molecule has 0 unspecified atom stereocenters. The lowest BCUT2D eigenvalue weighted by Gasteiger charge is -2.20. The van der Waals surface area contributed by atoms with Gasteiger partial charge in [0.25, 0.3) is 0 Å². The summed E-state index contributed by atoms with van der Waals surface area (Å²) < 4.78 is 5.75. The second-order valence-corrected chi connectivity index (χ2v) is 6.77. The molecule has 1 N–H and O–H groups in total. The first-order chi connectivity index (χ1) is 9.83. The van der Waals surface area contributed by atoms with E-state index >= 15 is 0 Å². The van der Waals surface area contributed by atoms with E-state index in [1.165, 1.54) is 0 Å². The molecule has 2 aromatic carbocycles. The smallest absolute Gasteiger partial charge is 0.146 e. The van der Waals surface area contributed by atoms with E-state index in [2.05, 4.69) is 26.1 Å². The molecule has 112 valence electrons. The van der Waals surface area contributed by atoms with Crippen LogP contribution in [0.2, 0.25) is 10.0 Å². The van der Waals surface area contributed by atoms with Crippen molar-refractivity contribution in [3.63, 3.8) is 0 Å². The van der Waals surface area contributed by atoms with Gasteiger partial charge in [-0.25, -0.2) is 0 Å². The molecule has 0 amide bonds. The highest BCUT2D eigenvalue weighted by molar-refractivity contribution is 6.32. The standard InChI is InChI=1S/C17H19Cl2NO/c1-17(2,3)20-11-12-7-8-16(15(19)9-12)21-14-6-4-5-13(18)10-14/h4-10,20H,11H2,1-3H3. The zero-order valence-corrected chi connectivity index (χ0v) is 13.9. The lowest BCUT2D eigenvalue weighted by atomic mass is 10.1. The second kappa shape index (κ2) is 6.69. The van der Waals surface area contributed by atoms with Crippen molar-refractivity contribution in [2.24, 2.45) is 0 Å². The van der Waals surface area contributed by atoms with Crippen LogP contribution in [0.25, 0.3) is 0 Å². The highest BCUT2D eigenvalue weighted by atomic mass is 35.5. The van der Waals surface area contributed by atoms with Gasteiger partial charge in [-0.3, -0.25) is 0 Å². The topological polar surface area (TPSA) is 21.3 Å². The summed E-state index contributed by atoms with van der Waals surface area (Å²) in [6.07, 6.45) is 0. The third kappa shape index (κ3) is 5.24. The molecule has 4 heteroatoms. The number of hydrogen-bond donors (Lipinski definition) is 1. The molecule has 0 spiro atoms. The largest absolute Gasteiger partial charge is 0.456 e. The predicted octanol–water partition coefficient (Wildman–Crippen LogP) is 5.67. The van der Waals surface area contributed by atoms with Gasteiger partial charge < -0.3 is 10.1 Å². The summed E-state index contributed by atoms with van der Waals surface area (Å²) in [5.41, 5.74) is 1.19. The van der Waals surface area contributed by atoms with Gasteiger partial charge in [0.2, 0.25) is 0 Å². The third-order valence-corrected chi connectivity index (χ3v) is 3.37. The van der Waals surface area contributed by atoms with Crippen LogP contribution in [0.15, 0.2) is 42.5 Å². The maximum absolute atomic E-state index is 6.28. The van der Waals surface area contributed by atoms with Gasteiger partial charge in [-0.1, -0.05) is 35.3 Å². The number of benzene rings is 2. The number of nitrogens with one attached hydrogen (secondary N) is 1. The second-order valence-electron chi connectivity index (χ2n) is 5.93. The van der Waals surface area contributed by atoms with Gasteiger partial charge in [-0.2, -0.15) is 0 Å². The molecular weight excluding hydrogens is 305 g/mol. The quantitative estimate of drug-likeness (QED) is 0.782. The van der Waals surface area contributed by atoms with E-state index in [-0.39, 0.29) is 5.54 Å². The van der Waals surface area contributed by atoms with E-state index in [0.717, 1.165) is 12.1 Å². The summed E-state index contributed by atoms with van der Waals surface area (Å²) in [4.78, 5) is 0. The molecule has 2 aromatic rings. The van der Waals surface area contributed by atoms with Crippen LogP contribution in [-0.4, -0.2) is 5.54 Å². The van der Waals surface area contributed by atoms with Crippen molar-refractivity contribution in [2.45, 2.75) is 32.9 Å². The highest BCUT2D eigenvalue weighted by Crippen LogP contribution is 2.31. The van der Waals surface area contributed by atoms with Gasteiger partial charge in [0.15, 0.2) is 0 Å². The van der Waals surface area contributed by atoms with Gasteiger partial charge in [-0.15, -0.1) is 0 Å². The molecule has 2 nitrogen and oxygen atoms in total. The monoisotopic (exact) mass is 323 g/mol. The van der Waals surface area contributed by atoms with Crippen molar-refractivity contribution >= 4 is 23.2 Å². The van der Waals surface area contributed by atoms with Gasteiger partial charge in [0.1, 0.15) is 11.5 Å². The SMILES string of the molecule is CC(C)(C)NCc1ccc(Oc2cccc(Cl)c2)c(Cl)c1. The zero-order chi connectivity index (χ0) is 15.5. The Hall–Kier alpha value is -1.22. The first-order valence-corrected chi connectivity index (χ1v) is 7.56. The average Bonchev–Trinajstić information content (AvgIpc) is 2.38. The number of halogens is 2. The van der Waals surface area contributed by atoms with Gasteiger partial charge in [0.05, 0.1) is 5.02 Å². The van der Waals surface area contributed by atoms with Crippen molar-refractivity contribution in [1.82, 2.24) is 5.32 Å². The predicted molar refractivity (Wildman–Crippen MR) is 89.6 cm³/mol. The van der Waals surface area contributed by atoms with Crippen LogP contribution < -0.4 is 10.1 Å². The van der Waals surface area contributed by atoms with Crippen LogP contribution in [0.4, 0.5) is 0 Å². The molecule has 0 saturated carbocycles. The molecule has 0 heterocycles. The molecule has 0 aliphatic carbocycles. The minimum Gasteiger partial charge on any atom is -0.456 e. The molecular formula is C17H19Cl2NO. The van der Waals surface area contributed by atoms with E-state index in [0.29, 0.717) is 21.5 Å². The van der Waals surface area contributed by atoms with Crippen molar-refractivity contribution in [2.75, 3.05) is 0 Å². The zero-order valence-electron chi connectivity index (χ0n) is 12.4. The fourth-order valence-corrected chi connectivity index (χ4v) is 2.18. The molecule has 0 fully saturated rings. The Morgan fingerprint density at radius 1 is 1.05 bits per heavy atom. The normalized spacial score (nSPS) is 11.5. The lowest BCUT2D eigenvalue weighted by molar-refractivity contribution is 0.424. The molecule has 0 atom stereocenters. The molecule has 0 radical (unpaired) electrons. The Labute approximate surface area is 136 Å². The van der Waals surface area contributed by atoms with Gasteiger partial charge in [-0.05, 0) is 56.7 Å². The Morgan fingerprint density at radius 2 is 1.81 bits per heavy atom. The molecule has 0 aliphatic heterocycles.